The summed E-state index contributed by atoms with van der Waals surface area (Å²) < 4.78 is 35.2. The Morgan fingerprint density at radius 3 is 2.61 bits per heavy atom. The lowest BCUT2D eigenvalue weighted by Crippen LogP contribution is -2.17. The molecule has 1 atom stereocenters. The van der Waals surface area contributed by atoms with Crippen LogP contribution in [0.2, 0.25) is 0 Å². The first-order valence-corrected chi connectivity index (χ1v) is 11.3. The van der Waals surface area contributed by atoms with Gasteiger partial charge in [-0.25, -0.2) is 8.78 Å². The molecule has 1 N–H and O–H groups in total. The normalized spacial score (nSPS) is 12.1. The zero-order valence-corrected chi connectivity index (χ0v) is 19.5. The summed E-state index contributed by atoms with van der Waals surface area (Å²) in [4.78, 5) is 12.4. The van der Waals surface area contributed by atoms with Gasteiger partial charge in [0.1, 0.15) is 5.82 Å². The largest absolute Gasteiger partial charge is 0.480 e. The Balaban J connectivity index is 1.70. The summed E-state index contributed by atoms with van der Waals surface area (Å²) >= 11 is 4.44. The van der Waals surface area contributed by atoms with Crippen molar-refractivity contribution in [3.8, 4) is 5.75 Å². The summed E-state index contributed by atoms with van der Waals surface area (Å²) in [6.45, 7) is 5.69. The molecule has 164 valence electrons. The number of rotatable bonds is 8. The van der Waals surface area contributed by atoms with Crippen LogP contribution >= 0.6 is 27.7 Å². The van der Waals surface area contributed by atoms with E-state index in [1.54, 1.807) is 25.1 Å². The SMILES string of the molecule is CC(Oc1ccccc1F)c1nnc(SCC(=O)Nc2ccc(F)cc2Br)n1C(C)C. The average molecular weight is 511 g/mol. The number of hydrogen-bond donors (Lipinski definition) is 1. The summed E-state index contributed by atoms with van der Waals surface area (Å²) in [5.41, 5.74) is 0.477. The molecule has 1 heterocycles. The number of halogens is 3. The van der Waals surface area contributed by atoms with Crippen LogP contribution in [0.5, 0.6) is 5.75 Å². The van der Waals surface area contributed by atoms with E-state index in [0.717, 1.165) is 0 Å². The Morgan fingerprint density at radius 2 is 1.94 bits per heavy atom. The molecule has 10 heteroatoms. The van der Waals surface area contributed by atoms with E-state index in [1.165, 1.54) is 36.0 Å². The molecule has 0 saturated carbocycles. The fourth-order valence-electron chi connectivity index (χ4n) is 2.84. The number of carbonyl (C=O) groups is 1. The molecule has 31 heavy (non-hydrogen) atoms. The van der Waals surface area contributed by atoms with Crippen molar-refractivity contribution in [2.75, 3.05) is 11.1 Å². The van der Waals surface area contributed by atoms with Crippen molar-refractivity contribution in [3.63, 3.8) is 0 Å². The van der Waals surface area contributed by atoms with Gasteiger partial charge in [0.25, 0.3) is 0 Å². The van der Waals surface area contributed by atoms with Crippen LogP contribution in [0.3, 0.4) is 0 Å². The summed E-state index contributed by atoms with van der Waals surface area (Å²) in [5, 5.41) is 11.7. The maximum Gasteiger partial charge on any atom is 0.234 e. The molecule has 3 aromatic rings. The van der Waals surface area contributed by atoms with Crippen molar-refractivity contribution < 1.29 is 18.3 Å². The highest BCUT2D eigenvalue weighted by atomic mass is 79.9. The van der Waals surface area contributed by atoms with Crippen LogP contribution in [-0.4, -0.2) is 26.4 Å². The van der Waals surface area contributed by atoms with Crippen LogP contribution in [0.4, 0.5) is 14.5 Å². The minimum atomic E-state index is -0.551. The number of aromatic nitrogens is 3. The highest BCUT2D eigenvalue weighted by Gasteiger charge is 2.23. The lowest BCUT2D eigenvalue weighted by molar-refractivity contribution is -0.113. The molecule has 3 rings (SSSR count). The summed E-state index contributed by atoms with van der Waals surface area (Å²) in [7, 11) is 0. The maximum absolute atomic E-state index is 13.9. The number of thioether (sulfide) groups is 1. The van der Waals surface area contributed by atoms with Gasteiger partial charge in [0.05, 0.1) is 11.4 Å². The van der Waals surface area contributed by atoms with E-state index in [0.29, 0.717) is 21.1 Å². The third-order valence-corrected chi connectivity index (χ3v) is 5.85. The second-order valence-electron chi connectivity index (χ2n) is 6.96. The van der Waals surface area contributed by atoms with Gasteiger partial charge in [0.2, 0.25) is 5.91 Å². The topological polar surface area (TPSA) is 69.0 Å². The summed E-state index contributed by atoms with van der Waals surface area (Å²) in [6.07, 6.45) is -0.551. The first-order chi connectivity index (χ1) is 14.8. The fourth-order valence-corrected chi connectivity index (χ4v) is 4.16. The first kappa shape index (κ1) is 23.2. The lowest BCUT2D eigenvalue weighted by atomic mass is 10.3. The number of ether oxygens (including phenoxy) is 1. The number of nitrogens with zero attached hydrogens (tertiary/aromatic N) is 3. The molecule has 1 aromatic heterocycles. The highest BCUT2D eigenvalue weighted by molar-refractivity contribution is 9.10. The van der Waals surface area contributed by atoms with E-state index >= 15 is 0 Å². The molecule has 0 aliphatic heterocycles. The van der Waals surface area contributed by atoms with Gasteiger partial charge in [-0.1, -0.05) is 23.9 Å². The molecule has 0 radical (unpaired) electrons. The molecule has 0 aliphatic carbocycles. The quantitative estimate of drug-likeness (QED) is 0.389. The number of anilines is 1. The van der Waals surface area contributed by atoms with Gasteiger partial charge in [-0.05, 0) is 67.0 Å². The monoisotopic (exact) mass is 510 g/mol. The zero-order valence-electron chi connectivity index (χ0n) is 17.1. The molecule has 0 fully saturated rings. The van der Waals surface area contributed by atoms with Gasteiger partial charge >= 0.3 is 0 Å². The number of carbonyl (C=O) groups excluding carboxylic acids is 1. The van der Waals surface area contributed by atoms with Crippen molar-refractivity contribution in [1.29, 1.82) is 0 Å². The number of amides is 1. The molecule has 0 saturated heterocycles. The van der Waals surface area contributed by atoms with E-state index in [2.05, 4.69) is 31.4 Å². The molecular weight excluding hydrogens is 490 g/mol. The molecule has 1 amide bonds. The predicted molar refractivity (Wildman–Crippen MR) is 119 cm³/mol. The van der Waals surface area contributed by atoms with Crippen molar-refractivity contribution in [3.05, 3.63) is 64.4 Å². The predicted octanol–water partition coefficient (Wildman–Crippen LogP) is 5.77. The maximum atomic E-state index is 13.9. The second kappa shape index (κ2) is 10.2. The molecule has 0 aliphatic rings. The second-order valence-corrected chi connectivity index (χ2v) is 8.75. The van der Waals surface area contributed by atoms with Gasteiger partial charge in [-0.3, -0.25) is 4.79 Å². The molecule has 1 unspecified atom stereocenters. The van der Waals surface area contributed by atoms with E-state index in [-0.39, 0.29) is 23.5 Å². The third kappa shape index (κ3) is 5.82. The van der Waals surface area contributed by atoms with Crippen LogP contribution in [0.1, 0.15) is 38.7 Å². The van der Waals surface area contributed by atoms with Gasteiger partial charge < -0.3 is 14.6 Å². The standard InChI is InChI=1S/C21H21BrF2N4O2S/c1-12(2)28-20(13(3)30-18-7-5-4-6-16(18)24)26-27-21(28)31-11-19(29)25-17-9-8-14(23)10-15(17)22/h4-10,12-13H,11H2,1-3H3,(H,25,29). The summed E-state index contributed by atoms with van der Waals surface area (Å²) in [6, 6.07) is 10.2. The lowest BCUT2D eigenvalue weighted by Gasteiger charge is -2.19. The van der Waals surface area contributed by atoms with Gasteiger partial charge in [0, 0.05) is 10.5 Å². The van der Waals surface area contributed by atoms with Crippen molar-refractivity contribution in [2.45, 2.75) is 38.1 Å². The van der Waals surface area contributed by atoms with E-state index in [4.69, 9.17) is 4.74 Å². The molecule has 2 aromatic carbocycles. The first-order valence-electron chi connectivity index (χ1n) is 9.50. The molecular formula is C21H21BrF2N4O2S. The fraction of sp³-hybridized carbons (Fsp3) is 0.286. The van der Waals surface area contributed by atoms with E-state index in [9.17, 15) is 13.6 Å². The molecule has 6 nitrogen and oxygen atoms in total. The van der Waals surface area contributed by atoms with Gasteiger partial charge in [-0.2, -0.15) is 0 Å². The van der Waals surface area contributed by atoms with Crippen molar-refractivity contribution in [2.24, 2.45) is 0 Å². The Bertz CT molecular complexity index is 1080. The Labute approximate surface area is 191 Å². The molecule has 0 spiro atoms. The summed E-state index contributed by atoms with van der Waals surface area (Å²) in [5.74, 6) is -0.384. The van der Waals surface area contributed by atoms with Gasteiger partial charge in [-0.15, -0.1) is 10.2 Å². The van der Waals surface area contributed by atoms with Crippen molar-refractivity contribution in [1.82, 2.24) is 14.8 Å². The Kier molecular flexibility index (Phi) is 7.66. The Morgan fingerprint density at radius 1 is 1.19 bits per heavy atom. The van der Waals surface area contributed by atoms with Crippen LogP contribution in [0.15, 0.2) is 52.1 Å². The number of hydrogen-bond acceptors (Lipinski definition) is 5. The smallest absolute Gasteiger partial charge is 0.234 e. The van der Waals surface area contributed by atoms with Crippen LogP contribution in [0.25, 0.3) is 0 Å². The molecule has 0 bridgehead atoms. The van der Waals surface area contributed by atoms with Gasteiger partial charge in [0.15, 0.2) is 28.7 Å². The number of benzene rings is 2. The average Bonchev–Trinajstić information content (AvgIpc) is 3.15. The highest BCUT2D eigenvalue weighted by Crippen LogP contribution is 2.29. The van der Waals surface area contributed by atoms with Crippen LogP contribution in [0, 0.1) is 11.6 Å². The third-order valence-electron chi connectivity index (χ3n) is 4.25. The minimum Gasteiger partial charge on any atom is -0.480 e. The van der Waals surface area contributed by atoms with Crippen molar-refractivity contribution >= 4 is 39.3 Å². The Hall–Kier alpha value is -2.46. The zero-order chi connectivity index (χ0) is 22.5. The van der Waals surface area contributed by atoms with E-state index in [1.807, 2.05) is 18.4 Å². The van der Waals surface area contributed by atoms with E-state index < -0.39 is 17.7 Å². The minimum absolute atomic E-state index is 0.00604. The number of para-hydroxylation sites is 1. The van der Waals surface area contributed by atoms with Crippen LogP contribution < -0.4 is 10.1 Å². The number of nitrogens with one attached hydrogen (secondary N) is 1. The van der Waals surface area contributed by atoms with Crippen LogP contribution in [-0.2, 0) is 4.79 Å².